The van der Waals surface area contributed by atoms with Gasteiger partial charge in [0.2, 0.25) is 5.78 Å². The maximum atomic E-state index is 13.8. The van der Waals surface area contributed by atoms with Crippen LogP contribution in [0.3, 0.4) is 0 Å². The van der Waals surface area contributed by atoms with Gasteiger partial charge in [0.05, 0.1) is 42.1 Å². The smallest absolute Gasteiger partial charge is 0.202 e. The van der Waals surface area contributed by atoms with Crippen molar-refractivity contribution < 1.29 is 49.0 Å². The van der Waals surface area contributed by atoms with Crippen LogP contribution in [0.15, 0.2) is 18.2 Å². The molecule has 3 aliphatic rings. The quantitative estimate of drug-likeness (QED) is 0.288. The average molecular weight is 620 g/mol. The minimum Gasteiger partial charge on any atom is -0.507 e. The molecule has 6 unspecified atom stereocenters. The summed E-state index contributed by atoms with van der Waals surface area (Å²) in [6, 6.07) is 4.18. The maximum Gasteiger partial charge on any atom is 0.202 e. The van der Waals surface area contributed by atoms with E-state index in [1.165, 1.54) is 32.2 Å². The second-order valence-electron chi connectivity index (χ2n) is 11.3. The number of phenolic OH excluding ortho intramolecular Hbond substituents is 2. The van der Waals surface area contributed by atoms with E-state index in [4.69, 9.17) is 14.2 Å². The highest BCUT2D eigenvalue weighted by Crippen LogP contribution is 2.52. The molecule has 2 aromatic carbocycles. The molecular formula is C31H38ClNO10. The lowest BCUT2D eigenvalue weighted by molar-refractivity contribution is -0.258. The number of ether oxygens (including phenoxy) is 3. The molecule has 4 N–H and O–H groups in total. The Labute approximate surface area is 255 Å². The number of hydrogen-bond acceptors (Lipinski definition) is 11. The van der Waals surface area contributed by atoms with Crippen molar-refractivity contribution in [1.29, 1.82) is 0 Å². The number of benzene rings is 2. The van der Waals surface area contributed by atoms with Crippen molar-refractivity contribution >= 4 is 29.8 Å². The molecule has 43 heavy (non-hydrogen) atoms. The number of methoxy groups -OCH3 is 1. The molecular weight excluding hydrogens is 582 g/mol. The summed E-state index contributed by atoms with van der Waals surface area (Å²) < 4.78 is 17.6. The molecule has 0 bridgehead atoms. The predicted octanol–water partition coefficient (Wildman–Crippen LogP) is 2.83. The predicted molar refractivity (Wildman–Crippen MR) is 156 cm³/mol. The molecule has 1 fully saturated rings. The number of hydrogen-bond donors (Lipinski definition) is 4. The molecule has 1 aliphatic heterocycles. The Morgan fingerprint density at radius 3 is 2.35 bits per heavy atom. The summed E-state index contributed by atoms with van der Waals surface area (Å²) in [7, 11) is 1.35. The van der Waals surface area contributed by atoms with Gasteiger partial charge >= 0.3 is 0 Å². The largest absolute Gasteiger partial charge is 0.507 e. The molecule has 0 radical (unpaired) electrons. The molecule has 5 rings (SSSR count). The van der Waals surface area contributed by atoms with Crippen LogP contribution in [0.1, 0.15) is 89.6 Å². The Bertz CT molecular complexity index is 1450. The monoisotopic (exact) mass is 619 g/mol. The number of carbonyl (C=O) groups excluding carboxylic acids is 3. The topological polar surface area (TPSA) is 163 Å². The number of rotatable bonds is 7. The fraction of sp³-hybridized carbons (Fsp3) is 0.516. The van der Waals surface area contributed by atoms with Gasteiger partial charge in [0.15, 0.2) is 17.9 Å². The van der Waals surface area contributed by atoms with Gasteiger partial charge in [-0.2, -0.15) is 0 Å². The van der Waals surface area contributed by atoms with Crippen LogP contribution in [0.2, 0.25) is 0 Å². The lowest BCUT2D eigenvalue weighted by atomic mass is 9.72. The van der Waals surface area contributed by atoms with Crippen LogP contribution in [-0.4, -0.2) is 93.0 Å². The molecule has 2 aliphatic carbocycles. The Morgan fingerprint density at radius 1 is 1.09 bits per heavy atom. The SMILES string of the molecule is CCN(CC)C1CC(OC2CC(O)(C(C)=O)Cc3c(O)c4c(c(O)c32)C(=O)c2c(OC)cccc2C4=O)OC(C)C1O.Cl. The minimum absolute atomic E-state index is 0. The van der Waals surface area contributed by atoms with Crippen LogP contribution in [0.25, 0.3) is 0 Å². The Morgan fingerprint density at radius 2 is 1.74 bits per heavy atom. The van der Waals surface area contributed by atoms with Crippen molar-refractivity contribution in [2.24, 2.45) is 0 Å². The Balaban J connectivity index is 0.00000423. The molecule has 1 heterocycles. The molecule has 12 heteroatoms. The normalized spacial score (nSPS) is 28.0. The number of aliphatic hydroxyl groups excluding tert-OH is 1. The van der Waals surface area contributed by atoms with Gasteiger partial charge in [0, 0.05) is 42.0 Å². The van der Waals surface area contributed by atoms with E-state index in [1.54, 1.807) is 6.92 Å². The first-order valence-corrected chi connectivity index (χ1v) is 14.2. The van der Waals surface area contributed by atoms with Gasteiger partial charge in [0.25, 0.3) is 0 Å². The highest BCUT2D eigenvalue weighted by molar-refractivity contribution is 6.31. The van der Waals surface area contributed by atoms with E-state index in [-0.39, 0.29) is 59.3 Å². The van der Waals surface area contributed by atoms with Crippen LogP contribution >= 0.6 is 12.4 Å². The summed E-state index contributed by atoms with van der Waals surface area (Å²) in [6.07, 6.45) is -3.98. The summed E-state index contributed by atoms with van der Waals surface area (Å²) in [5.41, 5.74) is -2.90. The third-order valence-electron chi connectivity index (χ3n) is 9.00. The first-order valence-electron chi connectivity index (χ1n) is 14.2. The van der Waals surface area contributed by atoms with Gasteiger partial charge in [-0.3, -0.25) is 19.3 Å². The van der Waals surface area contributed by atoms with Crippen molar-refractivity contribution in [1.82, 2.24) is 4.90 Å². The second-order valence-corrected chi connectivity index (χ2v) is 11.3. The number of aromatic hydroxyl groups is 2. The number of halogens is 1. The van der Waals surface area contributed by atoms with E-state index in [2.05, 4.69) is 4.90 Å². The van der Waals surface area contributed by atoms with Crippen molar-refractivity contribution in [3.8, 4) is 17.2 Å². The first-order chi connectivity index (χ1) is 19.9. The number of nitrogens with zero attached hydrogens (tertiary/aromatic N) is 1. The van der Waals surface area contributed by atoms with Gasteiger partial charge in [-0.15, -0.1) is 12.4 Å². The van der Waals surface area contributed by atoms with Gasteiger partial charge < -0.3 is 34.6 Å². The van der Waals surface area contributed by atoms with Crippen molar-refractivity contribution in [3.05, 3.63) is 51.6 Å². The number of aliphatic hydroxyl groups is 2. The molecule has 11 nitrogen and oxygen atoms in total. The van der Waals surface area contributed by atoms with E-state index < -0.39 is 76.6 Å². The summed E-state index contributed by atoms with van der Waals surface area (Å²) >= 11 is 0. The van der Waals surface area contributed by atoms with Crippen LogP contribution in [0.4, 0.5) is 0 Å². The van der Waals surface area contributed by atoms with E-state index in [9.17, 15) is 34.8 Å². The zero-order valence-electron chi connectivity index (χ0n) is 24.7. The Kier molecular flexibility index (Phi) is 9.28. The van der Waals surface area contributed by atoms with Gasteiger partial charge in [-0.1, -0.05) is 26.0 Å². The first kappa shape index (κ1) is 32.8. The standard InChI is InChI=1S/C31H37NO10.ClH/c1-6-32(7-2)18-11-21(41-14(3)26(18)34)42-20-13-31(39,15(4)33)12-17-23(20)30(38)25-24(28(17)36)27(35)16-9-8-10-19(40-5)22(16)29(25)37;/h8-10,14,18,20-21,26,34,36,38-39H,6-7,11-13H2,1-5H3;1H. The summed E-state index contributed by atoms with van der Waals surface area (Å²) in [5.74, 6) is -3.06. The average Bonchev–Trinajstić information content (AvgIpc) is 2.95. The van der Waals surface area contributed by atoms with Crippen LogP contribution < -0.4 is 4.74 Å². The van der Waals surface area contributed by atoms with E-state index >= 15 is 0 Å². The molecule has 2 aromatic rings. The zero-order valence-corrected chi connectivity index (χ0v) is 25.6. The molecule has 234 valence electrons. The number of Topliss-reactive ketones (excluding diaryl/α,β-unsaturated/α-hetero) is 1. The molecule has 6 atom stereocenters. The van der Waals surface area contributed by atoms with Crippen LogP contribution in [0.5, 0.6) is 17.2 Å². The number of phenols is 2. The minimum atomic E-state index is -1.99. The van der Waals surface area contributed by atoms with Crippen molar-refractivity contribution in [2.45, 2.75) is 83.2 Å². The van der Waals surface area contributed by atoms with Crippen LogP contribution in [-0.2, 0) is 20.7 Å². The van der Waals surface area contributed by atoms with Gasteiger partial charge in [0.1, 0.15) is 22.8 Å². The third-order valence-corrected chi connectivity index (χ3v) is 9.00. The van der Waals surface area contributed by atoms with Crippen LogP contribution in [0, 0.1) is 0 Å². The maximum absolute atomic E-state index is 13.8. The highest BCUT2D eigenvalue weighted by Gasteiger charge is 2.49. The van der Waals surface area contributed by atoms with Crippen molar-refractivity contribution in [3.63, 3.8) is 0 Å². The fourth-order valence-corrected chi connectivity index (χ4v) is 6.66. The number of ketones is 3. The molecule has 0 amide bonds. The summed E-state index contributed by atoms with van der Waals surface area (Å²) in [4.78, 5) is 42.1. The second kappa shape index (κ2) is 12.1. The lowest BCUT2D eigenvalue weighted by Crippen LogP contribution is -2.55. The van der Waals surface area contributed by atoms with Gasteiger partial charge in [-0.05, 0) is 33.0 Å². The lowest BCUT2D eigenvalue weighted by Gasteiger charge is -2.45. The molecule has 0 spiro atoms. The number of carbonyl (C=O) groups is 3. The van der Waals surface area contributed by atoms with E-state index in [0.29, 0.717) is 13.1 Å². The Hall–Kier alpha value is -3.06. The zero-order chi connectivity index (χ0) is 30.7. The van der Waals surface area contributed by atoms with E-state index in [1.807, 2.05) is 13.8 Å². The van der Waals surface area contributed by atoms with Crippen molar-refractivity contribution in [2.75, 3.05) is 20.2 Å². The highest BCUT2D eigenvalue weighted by atomic mass is 35.5. The van der Waals surface area contributed by atoms with E-state index in [0.717, 1.165) is 0 Å². The molecule has 0 aromatic heterocycles. The van der Waals surface area contributed by atoms with Gasteiger partial charge in [-0.25, -0.2) is 0 Å². The third kappa shape index (κ3) is 5.22. The molecule has 0 saturated carbocycles. The fourth-order valence-electron chi connectivity index (χ4n) is 6.66. The molecule has 1 saturated heterocycles. The number of likely N-dealkylation sites (N-methyl/N-ethyl adjacent to an activating group) is 1. The number of fused-ring (bicyclic) bond motifs is 3. The summed E-state index contributed by atoms with van der Waals surface area (Å²) in [6.45, 7) is 8.23. The summed E-state index contributed by atoms with van der Waals surface area (Å²) in [5, 5.41) is 45.3.